The zero-order valence-corrected chi connectivity index (χ0v) is 31.4. The molecule has 274 valence electrons. The Bertz CT molecular complexity index is 3610. The van der Waals surface area contributed by atoms with Gasteiger partial charge in [0.05, 0.1) is 33.3 Å². The summed E-state index contributed by atoms with van der Waals surface area (Å²) in [5, 5.41) is 17.3. The topological polar surface area (TPSA) is 85.5 Å². The summed E-state index contributed by atoms with van der Waals surface area (Å²) in [6.07, 6.45) is 0. The number of nitriles is 1. The average Bonchev–Trinajstić information content (AvgIpc) is 3.96. The Morgan fingerprint density at radius 2 is 0.983 bits per heavy atom. The molecule has 0 saturated heterocycles. The fourth-order valence-corrected chi connectivity index (χ4v) is 8.75. The summed E-state index contributed by atoms with van der Waals surface area (Å²) in [6, 6.07) is 64.3. The van der Waals surface area contributed by atoms with Gasteiger partial charge in [-0.05, 0) is 60.7 Å². The van der Waals surface area contributed by atoms with Gasteiger partial charge in [0, 0.05) is 54.7 Å². The molecule has 59 heavy (non-hydrogen) atoms. The van der Waals surface area contributed by atoms with E-state index < -0.39 is 0 Å². The Hall–Kier alpha value is -8.34. The standard InChI is InChI=1S/C52H30N6O/c53-31-35-28-34(52-55-50(32-14-4-1-5-15-32)54-51(56-52)33-16-6-2-7-17-33)24-27-43(35)58-45-23-13-11-21-38(45)41-30-47-42(29-46(41)58)40-26-25-39-37-20-10-12-22-44(37)57(48(39)49(40)59-47)36-18-8-3-9-19-36/h1-30H. The molecule has 0 N–H and O–H groups in total. The van der Waals surface area contributed by atoms with Crippen molar-refractivity contribution in [1.82, 2.24) is 24.1 Å². The molecule has 7 nitrogen and oxygen atoms in total. The third-order valence-electron chi connectivity index (χ3n) is 11.4. The molecule has 7 heteroatoms. The molecule has 8 aromatic carbocycles. The van der Waals surface area contributed by atoms with Crippen LogP contribution in [0.25, 0.3) is 111 Å². The van der Waals surface area contributed by atoms with Crippen molar-refractivity contribution in [3.05, 3.63) is 188 Å². The van der Waals surface area contributed by atoms with E-state index in [9.17, 15) is 5.26 Å². The van der Waals surface area contributed by atoms with Gasteiger partial charge in [-0.25, -0.2) is 15.0 Å². The maximum atomic E-state index is 10.8. The Kier molecular flexibility index (Phi) is 7.16. The normalized spacial score (nSPS) is 11.7. The van der Waals surface area contributed by atoms with Gasteiger partial charge in [-0.1, -0.05) is 121 Å². The number of para-hydroxylation sites is 3. The predicted octanol–water partition coefficient (Wildman–Crippen LogP) is 12.8. The summed E-state index contributed by atoms with van der Waals surface area (Å²) in [5.74, 6) is 1.63. The highest BCUT2D eigenvalue weighted by Crippen LogP contribution is 2.43. The van der Waals surface area contributed by atoms with E-state index in [0.29, 0.717) is 23.0 Å². The molecule has 0 radical (unpaired) electrons. The van der Waals surface area contributed by atoms with E-state index >= 15 is 0 Å². The van der Waals surface area contributed by atoms with Gasteiger partial charge in [0.2, 0.25) is 0 Å². The molecule has 0 spiro atoms. The van der Waals surface area contributed by atoms with E-state index in [0.717, 1.165) is 88.2 Å². The summed E-state index contributed by atoms with van der Waals surface area (Å²) in [7, 11) is 0. The minimum atomic E-state index is 0.494. The Morgan fingerprint density at radius 3 is 1.64 bits per heavy atom. The SMILES string of the molecule is N#Cc1cc(-c2nc(-c3ccccc3)nc(-c3ccccc3)n2)ccc1-n1c2ccccc2c2cc3oc4c(ccc5c6ccccc6n(-c6ccccc6)c54)c3cc21. The van der Waals surface area contributed by atoms with Crippen molar-refractivity contribution in [2.75, 3.05) is 0 Å². The van der Waals surface area contributed by atoms with Crippen molar-refractivity contribution in [2.45, 2.75) is 0 Å². The lowest BCUT2D eigenvalue weighted by atomic mass is 10.1. The van der Waals surface area contributed by atoms with Crippen LogP contribution in [-0.4, -0.2) is 24.1 Å². The van der Waals surface area contributed by atoms with Crippen LogP contribution in [0, 0.1) is 11.3 Å². The lowest BCUT2D eigenvalue weighted by Gasteiger charge is -2.12. The van der Waals surface area contributed by atoms with Crippen molar-refractivity contribution in [3.63, 3.8) is 0 Å². The zero-order valence-electron chi connectivity index (χ0n) is 31.4. The number of hydrogen-bond donors (Lipinski definition) is 0. The van der Waals surface area contributed by atoms with Crippen LogP contribution < -0.4 is 0 Å². The second kappa shape index (κ2) is 12.8. The molecule has 0 amide bonds. The smallest absolute Gasteiger partial charge is 0.164 e. The summed E-state index contributed by atoms with van der Waals surface area (Å²) >= 11 is 0. The Balaban J connectivity index is 1.08. The molecule has 12 aromatic rings. The summed E-state index contributed by atoms with van der Waals surface area (Å²) < 4.78 is 11.4. The molecular formula is C52H30N6O. The van der Waals surface area contributed by atoms with Gasteiger partial charge in [0.25, 0.3) is 0 Å². The zero-order chi connectivity index (χ0) is 39.0. The summed E-state index contributed by atoms with van der Waals surface area (Å²) in [6.45, 7) is 0. The molecule has 12 rings (SSSR count). The lowest BCUT2D eigenvalue weighted by Crippen LogP contribution is -2.02. The van der Waals surface area contributed by atoms with Crippen molar-refractivity contribution in [2.24, 2.45) is 0 Å². The van der Waals surface area contributed by atoms with Gasteiger partial charge in [0.15, 0.2) is 23.1 Å². The minimum absolute atomic E-state index is 0.494. The van der Waals surface area contributed by atoms with Crippen LogP contribution >= 0.6 is 0 Å². The van der Waals surface area contributed by atoms with Crippen molar-refractivity contribution >= 4 is 65.6 Å². The fourth-order valence-electron chi connectivity index (χ4n) is 8.75. The van der Waals surface area contributed by atoms with Crippen molar-refractivity contribution < 1.29 is 4.42 Å². The number of nitrogens with zero attached hydrogens (tertiary/aromatic N) is 6. The largest absolute Gasteiger partial charge is 0.454 e. The van der Waals surface area contributed by atoms with Crippen LogP contribution in [0.3, 0.4) is 0 Å². The number of furan rings is 1. The van der Waals surface area contributed by atoms with Crippen LogP contribution in [0.1, 0.15) is 5.56 Å². The molecule has 0 saturated carbocycles. The highest BCUT2D eigenvalue weighted by molar-refractivity contribution is 6.24. The predicted molar refractivity (Wildman–Crippen MR) is 237 cm³/mol. The van der Waals surface area contributed by atoms with Crippen LogP contribution in [0.5, 0.6) is 0 Å². The van der Waals surface area contributed by atoms with Gasteiger partial charge < -0.3 is 13.6 Å². The highest BCUT2D eigenvalue weighted by Gasteiger charge is 2.22. The third kappa shape index (κ3) is 5.04. The monoisotopic (exact) mass is 754 g/mol. The molecule has 4 heterocycles. The third-order valence-corrected chi connectivity index (χ3v) is 11.4. The Labute approximate surface area is 337 Å². The molecule has 0 atom stereocenters. The maximum Gasteiger partial charge on any atom is 0.164 e. The van der Waals surface area contributed by atoms with E-state index in [2.05, 4.69) is 106 Å². The van der Waals surface area contributed by atoms with Gasteiger partial charge in [-0.3, -0.25) is 0 Å². The van der Waals surface area contributed by atoms with E-state index in [1.165, 1.54) is 5.39 Å². The first-order valence-electron chi connectivity index (χ1n) is 19.5. The van der Waals surface area contributed by atoms with Crippen LogP contribution in [-0.2, 0) is 0 Å². The molecule has 0 aliphatic heterocycles. The van der Waals surface area contributed by atoms with Gasteiger partial charge in [0.1, 0.15) is 11.7 Å². The lowest BCUT2D eigenvalue weighted by molar-refractivity contribution is 0.671. The van der Waals surface area contributed by atoms with Gasteiger partial charge >= 0.3 is 0 Å². The Morgan fingerprint density at radius 1 is 0.424 bits per heavy atom. The van der Waals surface area contributed by atoms with Crippen molar-refractivity contribution in [1.29, 1.82) is 5.26 Å². The quantitative estimate of drug-likeness (QED) is 0.175. The number of rotatable bonds is 5. The molecular weight excluding hydrogens is 725 g/mol. The average molecular weight is 755 g/mol. The molecule has 0 bridgehead atoms. The maximum absolute atomic E-state index is 10.8. The molecule has 0 aliphatic carbocycles. The second-order valence-electron chi connectivity index (χ2n) is 14.7. The number of aromatic nitrogens is 5. The fraction of sp³-hybridized carbons (Fsp3) is 0. The summed E-state index contributed by atoms with van der Waals surface area (Å²) in [4.78, 5) is 14.7. The number of hydrogen-bond acceptors (Lipinski definition) is 5. The second-order valence-corrected chi connectivity index (χ2v) is 14.7. The first-order valence-corrected chi connectivity index (χ1v) is 19.5. The first-order chi connectivity index (χ1) is 29.2. The van der Waals surface area contributed by atoms with E-state index in [1.807, 2.05) is 91.0 Å². The van der Waals surface area contributed by atoms with Gasteiger partial charge in [-0.2, -0.15) is 5.26 Å². The highest BCUT2D eigenvalue weighted by atomic mass is 16.3. The molecule has 4 aromatic heterocycles. The summed E-state index contributed by atoms with van der Waals surface area (Å²) in [5.41, 5.74) is 10.6. The van der Waals surface area contributed by atoms with Crippen LogP contribution in [0.15, 0.2) is 186 Å². The molecule has 0 aliphatic rings. The van der Waals surface area contributed by atoms with Crippen LogP contribution in [0.2, 0.25) is 0 Å². The molecule has 0 unspecified atom stereocenters. The number of fused-ring (bicyclic) bond motifs is 10. The van der Waals surface area contributed by atoms with E-state index in [1.54, 1.807) is 0 Å². The van der Waals surface area contributed by atoms with E-state index in [-0.39, 0.29) is 0 Å². The van der Waals surface area contributed by atoms with Crippen LogP contribution in [0.4, 0.5) is 0 Å². The first kappa shape index (κ1) is 32.9. The van der Waals surface area contributed by atoms with Gasteiger partial charge in [-0.15, -0.1) is 0 Å². The molecule has 0 fully saturated rings. The van der Waals surface area contributed by atoms with E-state index in [4.69, 9.17) is 19.4 Å². The minimum Gasteiger partial charge on any atom is -0.454 e. The number of benzene rings is 8. The van der Waals surface area contributed by atoms with Crippen molar-refractivity contribution in [3.8, 4) is 51.6 Å².